The van der Waals surface area contributed by atoms with E-state index in [1.807, 2.05) is 31.2 Å². The van der Waals surface area contributed by atoms with Gasteiger partial charge in [0.15, 0.2) is 0 Å². The summed E-state index contributed by atoms with van der Waals surface area (Å²) >= 11 is 0. The molecule has 1 atom stereocenters. The average Bonchev–Trinajstić information content (AvgIpc) is 2.83. The van der Waals surface area contributed by atoms with E-state index >= 15 is 0 Å². The number of likely N-dealkylation sites (tertiary alicyclic amines) is 1. The number of para-hydroxylation sites is 1. The molecule has 2 heterocycles. The highest BCUT2D eigenvalue weighted by Gasteiger charge is 2.37. The minimum absolute atomic E-state index is 0.0117. The number of benzene rings is 1. The van der Waals surface area contributed by atoms with Gasteiger partial charge in [-0.05, 0) is 37.6 Å². The van der Waals surface area contributed by atoms with E-state index in [2.05, 4.69) is 10.2 Å². The molecule has 5 nitrogen and oxygen atoms in total. The molecule has 0 aromatic heterocycles. The highest BCUT2D eigenvalue weighted by atomic mass is 16.2. The van der Waals surface area contributed by atoms with Gasteiger partial charge in [-0.25, -0.2) is 0 Å². The maximum atomic E-state index is 12.7. The van der Waals surface area contributed by atoms with Crippen molar-refractivity contribution in [2.24, 2.45) is 0 Å². The lowest BCUT2D eigenvalue weighted by atomic mass is 10.1. The Balaban J connectivity index is 1.58. The predicted molar refractivity (Wildman–Crippen MR) is 99.6 cm³/mol. The molecule has 0 spiro atoms. The third kappa shape index (κ3) is 4.21. The number of nitrogens with one attached hydrogen (secondary N) is 1. The molecule has 25 heavy (non-hydrogen) atoms. The van der Waals surface area contributed by atoms with Crippen LogP contribution in [-0.2, 0) is 16.0 Å². The number of fused-ring (bicyclic) bond motifs is 1. The first-order valence-electron chi connectivity index (χ1n) is 9.60. The number of hydrogen-bond donors (Lipinski definition) is 1. The molecule has 2 aliphatic rings. The van der Waals surface area contributed by atoms with Crippen LogP contribution in [0, 0.1) is 0 Å². The van der Waals surface area contributed by atoms with Crippen molar-refractivity contribution in [1.29, 1.82) is 0 Å². The fourth-order valence-electron chi connectivity index (χ4n) is 3.89. The lowest BCUT2D eigenvalue weighted by Gasteiger charge is -2.25. The Labute approximate surface area is 150 Å². The van der Waals surface area contributed by atoms with Gasteiger partial charge in [-0.3, -0.25) is 14.5 Å². The zero-order valence-corrected chi connectivity index (χ0v) is 15.2. The van der Waals surface area contributed by atoms with E-state index in [9.17, 15) is 9.59 Å². The first kappa shape index (κ1) is 17.9. The van der Waals surface area contributed by atoms with Crippen molar-refractivity contribution in [3.05, 3.63) is 29.8 Å². The van der Waals surface area contributed by atoms with E-state index in [-0.39, 0.29) is 11.8 Å². The molecule has 1 saturated heterocycles. The van der Waals surface area contributed by atoms with Crippen molar-refractivity contribution in [3.63, 3.8) is 0 Å². The smallest absolute Gasteiger partial charge is 0.243 e. The van der Waals surface area contributed by atoms with Crippen LogP contribution in [0.4, 0.5) is 5.69 Å². The first-order valence-corrected chi connectivity index (χ1v) is 9.60. The second-order valence-corrected chi connectivity index (χ2v) is 7.01. The van der Waals surface area contributed by atoms with E-state index in [4.69, 9.17) is 0 Å². The Hall–Kier alpha value is -1.88. The van der Waals surface area contributed by atoms with Gasteiger partial charge in [0.25, 0.3) is 0 Å². The Bertz CT molecular complexity index is 609. The highest BCUT2D eigenvalue weighted by Crippen LogP contribution is 2.32. The van der Waals surface area contributed by atoms with Crippen molar-refractivity contribution in [2.45, 2.75) is 51.5 Å². The van der Waals surface area contributed by atoms with Crippen molar-refractivity contribution in [1.82, 2.24) is 10.2 Å². The van der Waals surface area contributed by atoms with Crippen LogP contribution in [0.1, 0.15) is 44.6 Å². The Morgan fingerprint density at radius 3 is 2.56 bits per heavy atom. The summed E-state index contributed by atoms with van der Waals surface area (Å²) in [7, 11) is 0. The van der Waals surface area contributed by atoms with Crippen molar-refractivity contribution >= 4 is 17.5 Å². The Morgan fingerprint density at radius 1 is 1.12 bits per heavy atom. The van der Waals surface area contributed by atoms with Crippen LogP contribution in [0.2, 0.25) is 0 Å². The van der Waals surface area contributed by atoms with Crippen LogP contribution >= 0.6 is 0 Å². The summed E-state index contributed by atoms with van der Waals surface area (Å²) in [5.74, 6) is -0.0227. The summed E-state index contributed by atoms with van der Waals surface area (Å²) in [6.45, 7) is 5.65. The number of anilines is 1. The molecule has 1 N–H and O–H groups in total. The number of hydrogen-bond acceptors (Lipinski definition) is 3. The molecular formula is C20H29N3O2. The van der Waals surface area contributed by atoms with Gasteiger partial charge < -0.3 is 10.2 Å². The monoisotopic (exact) mass is 343 g/mol. The minimum atomic E-state index is -0.408. The quantitative estimate of drug-likeness (QED) is 0.893. The summed E-state index contributed by atoms with van der Waals surface area (Å²) in [5, 5.41) is 3.06. The highest BCUT2D eigenvalue weighted by molar-refractivity contribution is 6.03. The zero-order chi connectivity index (χ0) is 17.6. The van der Waals surface area contributed by atoms with Crippen LogP contribution in [-0.4, -0.2) is 48.9 Å². The molecule has 1 aromatic rings. The lowest BCUT2D eigenvalue weighted by Crippen LogP contribution is -2.49. The van der Waals surface area contributed by atoms with Gasteiger partial charge in [0.2, 0.25) is 11.8 Å². The molecule has 0 bridgehead atoms. The Morgan fingerprint density at radius 2 is 1.84 bits per heavy atom. The summed E-state index contributed by atoms with van der Waals surface area (Å²) in [6, 6.07) is 7.43. The number of amides is 2. The first-order chi connectivity index (χ1) is 12.2. The van der Waals surface area contributed by atoms with Gasteiger partial charge in [-0.2, -0.15) is 0 Å². The summed E-state index contributed by atoms with van der Waals surface area (Å²) in [6.07, 6.45) is 6.16. The van der Waals surface area contributed by atoms with Crippen LogP contribution in [0.5, 0.6) is 0 Å². The van der Waals surface area contributed by atoms with E-state index < -0.39 is 6.04 Å². The molecule has 0 saturated carbocycles. The number of carbonyl (C=O) groups is 2. The summed E-state index contributed by atoms with van der Waals surface area (Å²) < 4.78 is 0. The molecule has 0 aliphatic carbocycles. The lowest BCUT2D eigenvalue weighted by molar-refractivity contribution is -0.126. The molecule has 0 unspecified atom stereocenters. The van der Waals surface area contributed by atoms with Gasteiger partial charge in [-0.15, -0.1) is 0 Å². The van der Waals surface area contributed by atoms with Gasteiger partial charge >= 0.3 is 0 Å². The topological polar surface area (TPSA) is 52.7 Å². The van der Waals surface area contributed by atoms with Crippen LogP contribution in [0.25, 0.3) is 0 Å². The molecule has 2 aliphatic heterocycles. The number of nitrogens with zero attached hydrogens (tertiary/aromatic N) is 2. The number of rotatable bonds is 5. The third-order valence-corrected chi connectivity index (χ3v) is 5.28. The number of carbonyl (C=O) groups excluding carboxylic acids is 2. The largest absolute Gasteiger partial charge is 0.353 e. The fourth-order valence-corrected chi connectivity index (χ4v) is 3.89. The Kier molecular flexibility index (Phi) is 6.08. The molecule has 1 aromatic carbocycles. The standard InChI is InChI=1S/C20H29N3O2/c1-2-19(24)23-17-10-6-5-9-16(17)15-18(23)20(25)21-11-14-22-12-7-3-4-8-13-22/h5-6,9-10,18H,2-4,7-8,11-15H2,1H3,(H,21,25)/t18-/m0/s1. The molecule has 1 fully saturated rings. The van der Waals surface area contributed by atoms with Gasteiger partial charge in [0.1, 0.15) is 6.04 Å². The summed E-state index contributed by atoms with van der Waals surface area (Å²) in [4.78, 5) is 29.2. The van der Waals surface area contributed by atoms with E-state index in [1.165, 1.54) is 25.7 Å². The molecule has 2 amide bonds. The van der Waals surface area contributed by atoms with E-state index in [1.54, 1.807) is 4.90 Å². The van der Waals surface area contributed by atoms with Gasteiger partial charge in [-0.1, -0.05) is 38.0 Å². The van der Waals surface area contributed by atoms with Crippen LogP contribution < -0.4 is 10.2 Å². The van der Waals surface area contributed by atoms with Crippen LogP contribution in [0.3, 0.4) is 0 Å². The van der Waals surface area contributed by atoms with Gasteiger partial charge in [0.05, 0.1) is 0 Å². The van der Waals surface area contributed by atoms with E-state index in [0.717, 1.165) is 30.9 Å². The van der Waals surface area contributed by atoms with Gasteiger partial charge in [0, 0.05) is 31.6 Å². The van der Waals surface area contributed by atoms with Crippen LogP contribution in [0.15, 0.2) is 24.3 Å². The second kappa shape index (κ2) is 8.48. The second-order valence-electron chi connectivity index (χ2n) is 7.01. The SMILES string of the molecule is CCC(=O)N1c2ccccc2C[C@H]1C(=O)NCCN1CCCCCC1. The normalized spacial score (nSPS) is 20.8. The average molecular weight is 343 g/mol. The van der Waals surface area contributed by atoms with Crippen molar-refractivity contribution in [3.8, 4) is 0 Å². The van der Waals surface area contributed by atoms with E-state index in [0.29, 0.717) is 19.4 Å². The fraction of sp³-hybridized carbons (Fsp3) is 0.600. The predicted octanol–water partition coefficient (Wildman–Crippen LogP) is 2.35. The summed E-state index contributed by atoms with van der Waals surface area (Å²) in [5.41, 5.74) is 1.97. The maximum absolute atomic E-state index is 12.7. The molecule has 3 rings (SSSR count). The van der Waals surface area contributed by atoms with Crippen molar-refractivity contribution in [2.75, 3.05) is 31.1 Å². The minimum Gasteiger partial charge on any atom is -0.353 e. The zero-order valence-electron chi connectivity index (χ0n) is 15.2. The maximum Gasteiger partial charge on any atom is 0.243 e. The van der Waals surface area contributed by atoms with Crippen molar-refractivity contribution < 1.29 is 9.59 Å². The molecule has 5 heteroatoms. The molecular weight excluding hydrogens is 314 g/mol. The third-order valence-electron chi connectivity index (χ3n) is 5.28. The molecule has 0 radical (unpaired) electrons. The molecule has 136 valence electrons.